The number of amides is 1. The standard InChI is InChI=1S/C20H29N3O2S/c1-23-17(13-19(24)21-16-9-11-18(25-2)12-10-16)14-26-20(23)22-15-7-5-3-4-6-8-15/h9-12,15,17H,3-8,13-14H2,1-2H3,(H,21,24). The van der Waals surface area contributed by atoms with Crippen LogP contribution in [0, 0.1) is 0 Å². The normalized spacial score (nSPS) is 23.1. The van der Waals surface area contributed by atoms with Crippen molar-refractivity contribution in [3.05, 3.63) is 24.3 Å². The summed E-state index contributed by atoms with van der Waals surface area (Å²) in [6, 6.07) is 8.11. The molecule has 0 aromatic heterocycles. The Morgan fingerprint density at radius 3 is 2.58 bits per heavy atom. The number of carbonyl (C=O) groups is 1. The fraction of sp³-hybridized carbons (Fsp3) is 0.600. The van der Waals surface area contributed by atoms with Crippen molar-refractivity contribution in [3.8, 4) is 5.75 Å². The molecule has 0 radical (unpaired) electrons. The topological polar surface area (TPSA) is 53.9 Å². The minimum Gasteiger partial charge on any atom is -0.497 e. The van der Waals surface area contributed by atoms with Gasteiger partial charge >= 0.3 is 0 Å². The number of benzene rings is 1. The Kier molecular flexibility index (Phi) is 6.83. The number of methoxy groups -OCH3 is 1. The number of carbonyl (C=O) groups excluding carboxylic acids is 1. The summed E-state index contributed by atoms with van der Waals surface area (Å²) in [5.41, 5.74) is 0.802. The molecule has 142 valence electrons. The summed E-state index contributed by atoms with van der Waals surface area (Å²) in [7, 11) is 3.70. The molecule has 3 rings (SSSR count). The van der Waals surface area contributed by atoms with Gasteiger partial charge in [-0.15, -0.1) is 0 Å². The maximum Gasteiger partial charge on any atom is 0.226 e. The molecule has 0 spiro atoms. The third-order valence-electron chi connectivity index (χ3n) is 5.17. The van der Waals surface area contributed by atoms with Crippen LogP contribution >= 0.6 is 11.8 Å². The Balaban J connectivity index is 1.52. The summed E-state index contributed by atoms with van der Waals surface area (Å²) in [4.78, 5) is 19.6. The zero-order chi connectivity index (χ0) is 18.4. The van der Waals surface area contributed by atoms with E-state index in [1.165, 1.54) is 38.5 Å². The van der Waals surface area contributed by atoms with Gasteiger partial charge in [0.15, 0.2) is 5.17 Å². The van der Waals surface area contributed by atoms with Crippen molar-refractivity contribution in [1.82, 2.24) is 4.90 Å². The van der Waals surface area contributed by atoms with Crippen molar-refractivity contribution in [3.63, 3.8) is 0 Å². The lowest BCUT2D eigenvalue weighted by Crippen LogP contribution is -2.34. The third-order valence-corrected chi connectivity index (χ3v) is 6.37. The first-order valence-electron chi connectivity index (χ1n) is 9.53. The molecule has 1 atom stereocenters. The zero-order valence-electron chi connectivity index (χ0n) is 15.7. The molecule has 6 heteroatoms. The first-order valence-corrected chi connectivity index (χ1v) is 10.5. The molecule has 1 N–H and O–H groups in total. The highest BCUT2D eigenvalue weighted by Crippen LogP contribution is 2.28. The highest BCUT2D eigenvalue weighted by atomic mass is 32.2. The van der Waals surface area contributed by atoms with Gasteiger partial charge in [-0.3, -0.25) is 9.79 Å². The lowest BCUT2D eigenvalue weighted by atomic mass is 10.1. The third kappa shape index (κ3) is 5.16. The van der Waals surface area contributed by atoms with E-state index >= 15 is 0 Å². The number of thioether (sulfide) groups is 1. The summed E-state index contributed by atoms with van der Waals surface area (Å²) in [5, 5.41) is 4.09. The molecule has 2 fully saturated rings. The van der Waals surface area contributed by atoms with E-state index < -0.39 is 0 Å². The number of nitrogens with one attached hydrogen (secondary N) is 1. The van der Waals surface area contributed by atoms with E-state index in [1.54, 1.807) is 18.9 Å². The largest absolute Gasteiger partial charge is 0.497 e. The number of hydrogen-bond donors (Lipinski definition) is 1. The minimum atomic E-state index is 0.0448. The maximum atomic E-state index is 12.4. The second kappa shape index (κ2) is 9.31. The van der Waals surface area contributed by atoms with E-state index in [9.17, 15) is 4.79 Å². The highest BCUT2D eigenvalue weighted by Gasteiger charge is 2.29. The van der Waals surface area contributed by atoms with Crippen LogP contribution in [0.15, 0.2) is 29.3 Å². The Morgan fingerprint density at radius 2 is 1.92 bits per heavy atom. The van der Waals surface area contributed by atoms with Crippen LogP contribution in [0.1, 0.15) is 44.9 Å². The first kappa shape index (κ1) is 19.1. The van der Waals surface area contributed by atoms with Gasteiger partial charge < -0.3 is 15.0 Å². The number of amidine groups is 1. The van der Waals surface area contributed by atoms with Crippen LogP contribution in [-0.2, 0) is 4.79 Å². The monoisotopic (exact) mass is 375 g/mol. The quantitative estimate of drug-likeness (QED) is 0.786. The highest BCUT2D eigenvalue weighted by molar-refractivity contribution is 8.14. The van der Waals surface area contributed by atoms with Crippen LogP contribution in [0.5, 0.6) is 5.75 Å². The van der Waals surface area contributed by atoms with E-state index in [0.29, 0.717) is 12.5 Å². The lowest BCUT2D eigenvalue weighted by Gasteiger charge is -2.21. The molecule has 1 saturated carbocycles. The summed E-state index contributed by atoms with van der Waals surface area (Å²) < 4.78 is 5.14. The van der Waals surface area contributed by atoms with E-state index in [2.05, 4.69) is 17.3 Å². The van der Waals surface area contributed by atoms with Crippen LogP contribution in [0.3, 0.4) is 0 Å². The van der Waals surface area contributed by atoms with Crippen LogP contribution in [0.4, 0.5) is 5.69 Å². The Morgan fingerprint density at radius 1 is 1.23 bits per heavy atom. The average molecular weight is 376 g/mol. The molecular weight excluding hydrogens is 346 g/mol. The van der Waals surface area contributed by atoms with Crippen molar-refractivity contribution in [2.75, 3.05) is 25.2 Å². The van der Waals surface area contributed by atoms with Crippen molar-refractivity contribution in [2.24, 2.45) is 4.99 Å². The number of rotatable bonds is 5. The SMILES string of the molecule is COc1ccc(NC(=O)CC2CSC(=NC3CCCCCC3)N2C)cc1. The molecule has 0 bridgehead atoms. The maximum absolute atomic E-state index is 12.4. The molecule has 1 aromatic rings. The van der Waals surface area contributed by atoms with Gasteiger partial charge in [0.2, 0.25) is 5.91 Å². The second-order valence-electron chi connectivity index (χ2n) is 7.11. The van der Waals surface area contributed by atoms with Crippen LogP contribution < -0.4 is 10.1 Å². The smallest absolute Gasteiger partial charge is 0.226 e. The summed E-state index contributed by atoms with van der Waals surface area (Å²) in [5.74, 6) is 1.76. The Hall–Kier alpha value is -1.69. The average Bonchev–Trinajstić information content (AvgIpc) is 2.85. The zero-order valence-corrected chi connectivity index (χ0v) is 16.6. The number of aliphatic imine (C=N–C) groups is 1. The molecule has 1 aromatic carbocycles. The predicted molar refractivity (Wildman–Crippen MR) is 109 cm³/mol. The molecule has 1 saturated heterocycles. The van der Waals surface area contributed by atoms with Crippen molar-refractivity contribution >= 4 is 28.5 Å². The molecule has 1 aliphatic heterocycles. The minimum absolute atomic E-state index is 0.0448. The van der Waals surface area contributed by atoms with E-state index in [0.717, 1.165) is 22.4 Å². The Labute approximate surface area is 160 Å². The van der Waals surface area contributed by atoms with E-state index in [1.807, 2.05) is 24.3 Å². The van der Waals surface area contributed by atoms with Gasteiger partial charge in [-0.1, -0.05) is 37.4 Å². The van der Waals surface area contributed by atoms with Gasteiger partial charge in [-0.05, 0) is 37.1 Å². The van der Waals surface area contributed by atoms with Gasteiger partial charge in [-0.25, -0.2) is 0 Å². The van der Waals surface area contributed by atoms with E-state index in [-0.39, 0.29) is 11.9 Å². The van der Waals surface area contributed by atoms with E-state index in [4.69, 9.17) is 9.73 Å². The number of anilines is 1. The van der Waals surface area contributed by atoms with Crippen LogP contribution in [-0.4, -0.2) is 48.0 Å². The molecule has 1 unspecified atom stereocenters. The van der Waals surface area contributed by atoms with Gasteiger partial charge in [-0.2, -0.15) is 0 Å². The van der Waals surface area contributed by atoms with Crippen LogP contribution in [0.2, 0.25) is 0 Å². The Bertz CT molecular complexity index is 624. The molecule has 26 heavy (non-hydrogen) atoms. The number of ether oxygens (including phenoxy) is 1. The fourth-order valence-corrected chi connectivity index (χ4v) is 4.77. The fourth-order valence-electron chi connectivity index (χ4n) is 3.51. The second-order valence-corrected chi connectivity index (χ2v) is 8.10. The van der Waals surface area contributed by atoms with Crippen molar-refractivity contribution < 1.29 is 9.53 Å². The molecule has 1 heterocycles. The van der Waals surface area contributed by atoms with Crippen LogP contribution in [0.25, 0.3) is 0 Å². The predicted octanol–water partition coefficient (Wildman–Crippen LogP) is 4.15. The molecular formula is C20H29N3O2S. The van der Waals surface area contributed by atoms with Crippen molar-refractivity contribution in [1.29, 1.82) is 0 Å². The van der Waals surface area contributed by atoms with Gasteiger partial charge in [0.1, 0.15) is 5.75 Å². The molecule has 5 nitrogen and oxygen atoms in total. The molecule has 1 aliphatic carbocycles. The molecule has 1 amide bonds. The number of hydrogen-bond acceptors (Lipinski definition) is 4. The van der Waals surface area contributed by atoms with Gasteiger partial charge in [0, 0.05) is 31.0 Å². The number of nitrogens with zero attached hydrogens (tertiary/aromatic N) is 2. The summed E-state index contributed by atoms with van der Waals surface area (Å²) in [6.45, 7) is 0. The van der Waals surface area contributed by atoms with Gasteiger partial charge in [0.25, 0.3) is 0 Å². The molecule has 2 aliphatic rings. The summed E-state index contributed by atoms with van der Waals surface area (Å²) in [6.07, 6.45) is 8.18. The van der Waals surface area contributed by atoms with Crippen molar-refractivity contribution in [2.45, 2.75) is 57.0 Å². The first-order chi connectivity index (χ1) is 12.7. The summed E-state index contributed by atoms with van der Waals surface area (Å²) >= 11 is 1.79. The van der Waals surface area contributed by atoms with Gasteiger partial charge in [0.05, 0.1) is 13.2 Å². The lowest BCUT2D eigenvalue weighted by molar-refractivity contribution is -0.116.